The summed E-state index contributed by atoms with van der Waals surface area (Å²) in [7, 11) is 1.84. The van der Waals surface area contributed by atoms with Crippen LogP contribution in [0.2, 0.25) is 0 Å². The van der Waals surface area contributed by atoms with Gasteiger partial charge in [-0.25, -0.2) is 0 Å². The number of benzene rings is 1. The smallest absolute Gasteiger partial charge is 0.222 e. The van der Waals surface area contributed by atoms with Gasteiger partial charge >= 0.3 is 0 Å². The summed E-state index contributed by atoms with van der Waals surface area (Å²) in [6, 6.07) is 10.5. The van der Waals surface area contributed by atoms with Crippen molar-refractivity contribution >= 4 is 35.8 Å². The van der Waals surface area contributed by atoms with E-state index < -0.39 is 0 Å². The molecule has 8 nitrogen and oxygen atoms in total. The molecule has 2 aromatic rings. The van der Waals surface area contributed by atoms with Gasteiger partial charge in [-0.15, -0.1) is 24.0 Å². The van der Waals surface area contributed by atoms with Gasteiger partial charge in [-0.1, -0.05) is 29.4 Å². The van der Waals surface area contributed by atoms with Crippen LogP contribution in [0.15, 0.2) is 39.8 Å². The predicted octanol–water partition coefficient (Wildman–Crippen LogP) is 2.62. The van der Waals surface area contributed by atoms with Gasteiger partial charge in [0, 0.05) is 71.9 Å². The number of amides is 1. The van der Waals surface area contributed by atoms with Gasteiger partial charge in [0.2, 0.25) is 5.91 Å². The van der Waals surface area contributed by atoms with Gasteiger partial charge in [-0.05, 0) is 24.5 Å². The van der Waals surface area contributed by atoms with Crippen LogP contribution in [0.1, 0.15) is 35.4 Å². The second-order valence-electron chi connectivity index (χ2n) is 8.33. The molecular formula is C23H33IN6O2. The fourth-order valence-corrected chi connectivity index (χ4v) is 4.28. The highest BCUT2D eigenvalue weighted by Crippen LogP contribution is 2.15. The summed E-state index contributed by atoms with van der Waals surface area (Å²) in [5.41, 5.74) is 3.37. The summed E-state index contributed by atoms with van der Waals surface area (Å²) >= 11 is 0. The molecule has 0 bridgehead atoms. The zero-order chi connectivity index (χ0) is 21.6. The maximum Gasteiger partial charge on any atom is 0.222 e. The van der Waals surface area contributed by atoms with E-state index in [1.54, 1.807) is 0 Å². The molecule has 4 rings (SSSR count). The topological polar surface area (TPSA) is 77.2 Å². The maximum absolute atomic E-state index is 11.9. The quantitative estimate of drug-likeness (QED) is 0.338. The van der Waals surface area contributed by atoms with Crippen molar-refractivity contribution in [3.05, 3.63) is 52.9 Å². The lowest BCUT2D eigenvalue weighted by molar-refractivity contribution is -0.128. The van der Waals surface area contributed by atoms with Crippen LogP contribution in [0.25, 0.3) is 0 Å². The van der Waals surface area contributed by atoms with Crippen LogP contribution >= 0.6 is 24.0 Å². The minimum Gasteiger partial charge on any atom is -0.361 e. The molecule has 1 aromatic heterocycles. The molecule has 0 unspecified atom stereocenters. The third-order valence-corrected chi connectivity index (χ3v) is 5.93. The van der Waals surface area contributed by atoms with Gasteiger partial charge in [0.1, 0.15) is 5.76 Å². The molecule has 174 valence electrons. The van der Waals surface area contributed by atoms with E-state index >= 15 is 0 Å². The molecule has 2 aliphatic rings. The number of likely N-dealkylation sites (tertiary alicyclic amines) is 1. The van der Waals surface area contributed by atoms with Gasteiger partial charge in [0.05, 0.1) is 5.69 Å². The largest absolute Gasteiger partial charge is 0.361 e. The van der Waals surface area contributed by atoms with Crippen molar-refractivity contribution in [2.75, 3.05) is 39.8 Å². The number of halogens is 1. The van der Waals surface area contributed by atoms with E-state index in [9.17, 15) is 4.79 Å². The number of aryl methyl sites for hydroxylation is 1. The molecule has 2 fully saturated rings. The van der Waals surface area contributed by atoms with Crippen LogP contribution in [0.5, 0.6) is 0 Å². The predicted molar refractivity (Wildman–Crippen MR) is 135 cm³/mol. The van der Waals surface area contributed by atoms with Crippen molar-refractivity contribution in [1.82, 2.24) is 25.2 Å². The number of carbonyl (C=O) groups excluding carboxylic acids is 1. The molecule has 3 heterocycles. The van der Waals surface area contributed by atoms with Crippen LogP contribution in [0.4, 0.5) is 0 Å². The lowest BCUT2D eigenvalue weighted by atomic mass is 10.1. The number of hydrogen-bond acceptors (Lipinski definition) is 5. The first-order valence-corrected chi connectivity index (χ1v) is 11.1. The van der Waals surface area contributed by atoms with Crippen LogP contribution < -0.4 is 5.32 Å². The Bertz CT molecular complexity index is 923. The zero-order valence-corrected chi connectivity index (χ0v) is 21.2. The Morgan fingerprint density at radius 1 is 1.12 bits per heavy atom. The summed E-state index contributed by atoms with van der Waals surface area (Å²) in [5.74, 6) is 2.05. The zero-order valence-electron chi connectivity index (χ0n) is 18.9. The second kappa shape index (κ2) is 11.6. The SMILES string of the molecule is CN=C(NCc1cccc(CN2CCCC2=O)c1)N1CCN(Cc2cc(C)on2)CC1.I. The lowest BCUT2D eigenvalue weighted by Crippen LogP contribution is -2.52. The second-order valence-corrected chi connectivity index (χ2v) is 8.33. The Hall–Kier alpha value is -2.14. The molecule has 32 heavy (non-hydrogen) atoms. The van der Waals surface area contributed by atoms with Gasteiger partial charge in [-0.2, -0.15) is 0 Å². The molecular weight excluding hydrogens is 519 g/mol. The van der Waals surface area contributed by atoms with Gasteiger partial charge < -0.3 is 19.6 Å². The number of aromatic nitrogens is 1. The molecule has 1 amide bonds. The summed E-state index contributed by atoms with van der Waals surface area (Å²) in [4.78, 5) is 23.0. The minimum atomic E-state index is 0. The van der Waals surface area contributed by atoms with Crippen molar-refractivity contribution in [2.24, 2.45) is 4.99 Å². The molecule has 2 aliphatic heterocycles. The molecule has 2 saturated heterocycles. The highest BCUT2D eigenvalue weighted by molar-refractivity contribution is 14.0. The average Bonchev–Trinajstić information content (AvgIpc) is 3.37. The van der Waals surface area contributed by atoms with E-state index in [1.165, 1.54) is 11.1 Å². The van der Waals surface area contributed by atoms with Crippen molar-refractivity contribution < 1.29 is 9.32 Å². The molecule has 9 heteroatoms. The van der Waals surface area contributed by atoms with E-state index in [-0.39, 0.29) is 29.9 Å². The van der Waals surface area contributed by atoms with E-state index in [0.717, 1.165) is 63.1 Å². The number of piperazine rings is 1. The molecule has 0 radical (unpaired) electrons. The van der Waals surface area contributed by atoms with Crippen LogP contribution in [0.3, 0.4) is 0 Å². The number of guanidine groups is 1. The number of rotatable bonds is 6. The molecule has 0 saturated carbocycles. The van der Waals surface area contributed by atoms with Crippen LogP contribution in [-0.4, -0.2) is 71.5 Å². The molecule has 0 aliphatic carbocycles. The Kier molecular flexibility index (Phi) is 8.92. The van der Waals surface area contributed by atoms with E-state index in [2.05, 4.69) is 49.5 Å². The summed E-state index contributed by atoms with van der Waals surface area (Å²) in [6.45, 7) is 8.81. The molecule has 0 atom stereocenters. The highest BCUT2D eigenvalue weighted by Gasteiger charge is 2.21. The Balaban J connectivity index is 0.00000289. The van der Waals surface area contributed by atoms with Crippen LogP contribution in [0, 0.1) is 6.92 Å². The monoisotopic (exact) mass is 552 g/mol. The number of nitrogens with one attached hydrogen (secondary N) is 1. The van der Waals surface area contributed by atoms with Gasteiger partial charge in [0.25, 0.3) is 0 Å². The number of nitrogens with zero attached hydrogens (tertiary/aromatic N) is 5. The van der Waals surface area contributed by atoms with E-state index in [1.807, 2.05) is 24.9 Å². The fraction of sp³-hybridized carbons (Fsp3) is 0.522. The first-order chi connectivity index (χ1) is 15.1. The first-order valence-electron chi connectivity index (χ1n) is 11.1. The molecule has 0 spiro atoms. The number of aliphatic imine (C=N–C) groups is 1. The first kappa shape index (κ1) is 24.5. The summed E-state index contributed by atoms with van der Waals surface area (Å²) < 4.78 is 5.17. The standard InChI is InChI=1S/C23H32N6O2.HI/c1-18-13-21(26-31-18)17-27-9-11-28(12-10-27)23(24-2)25-15-19-5-3-6-20(14-19)16-29-8-4-7-22(29)30;/h3,5-6,13-14H,4,7-12,15-17H2,1-2H3,(H,24,25);1H. The third-order valence-electron chi connectivity index (χ3n) is 5.93. The van der Waals surface area contributed by atoms with Gasteiger partial charge in [-0.3, -0.25) is 14.7 Å². The highest BCUT2D eigenvalue weighted by atomic mass is 127. The lowest BCUT2D eigenvalue weighted by Gasteiger charge is -2.36. The van der Waals surface area contributed by atoms with Crippen molar-refractivity contribution in [2.45, 2.75) is 39.4 Å². The third kappa shape index (κ3) is 6.44. The number of hydrogen-bond donors (Lipinski definition) is 1. The maximum atomic E-state index is 11.9. The summed E-state index contributed by atoms with van der Waals surface area (Å²) in [5, 5.41) is 7.60. The van der Waals surface area contributed by atoms with Gasteiger partial charge in [0.15, 0.2) is 5.96 Å². The van der Waals surface area contributed by atoms with Crippen molar-refractivity contribution in [3.63, 3.8) is 0 Å². The van der Waals surface area contributed by atoms with Crippen molar-refractivity contribution in [1.29, 1.82) is 0 Å². The fourth-order valence-electron chi connectivity index (χ4n) is 4.28. The number of carbonyl (C=O) groups is 1. The minimum absolute atomic E-state index is 0. The Morgan fingerprint density at radius 2 is 1.91 bits per heavy atom. The molecule has 1 aromatic carbocycles. The van der Waals surface area contributed by atoms with E-state index in [4.69, 9.17) is 4.52 Å². The van der Waals surface area contributed by atoms with E-state index in [0.29, 0.717) is 19.5 Å². The van der Waals surface area contributed by atoms with Crippen molar-refractivity contribution in [3.8, 4) is 0 Å². The molecule has 1 N–H and O–H groups in total. The Morgan fingerprint density at radius 3 is 2.56 bits per heavy atom. The average molecular weight is 552 g/mol. The van der Waals surface area contributed by atoms with Crippen LogP contribution in [-0.2, 0) is 24.4 Å². The normalized spacial score (nSPS) is 17.6. The Labute approximate surface area is 207 Å². The summed E-state index contributed by atoms with van der Waals surface area (Å²) in [6.07, 6.45) is 1.66.